The second kappa shape index (κ2) is 23.0. The van der Waals surface area contributed by atoms with Crippen LogP contribution in [0.15, 0.2) is 48.8 Å². The fraction of sp³-hybridized carbons (Fsp3) is 0.439. The largest absolute Gasteiger partial charge is 0.508 e. The van der Waals surface area contributed by atoms with Gasteiger partial charge in [-0.3, -0.25) is 38.7 Å². The second-order valence-corrected chi connectivity index (χ2v) is 15.6. The van der Waals surface area contributed by atoms with E-state index in [0.29, 0.717) is 22.9 Å². The van der Waals surface area contributed by atoms with Crippen molar-refractivity contribution in [3.05, 3.63) is 67.0 Å². The predicted octanol–water partition coefficient (Wildman–Crippen LogP) is 0.462. The van der Waals surface area contributed by atoms with Crippen LogP contribution in [0.2, 0.25) is 0 Å². The summed E-state index contributed by atoms with van der Waals surface area (Å²) in [6, 6.07) is 7.28. The van der Waals surface area contributed by atoms with E-state index in [1.807, 2.05) is 0 Å². The Balaban J connectivity index is 0.00000845. The molecule has 0 aliphatic carbocycles. The number of H-pyrrole nitrogens is 2. The monoisotopic (exact) mass is 1010 g/mol. The molecule has 2 amide bonds. The van der Waals surface area contributed by atoms with Gasteiger partial charge in [-0.2, -0.15) is 0 Å². The summed E-state index contributed by atoms with van der Waals surface area (Å²) < 4.78 is -0.227. The maximum atomic E-state index is 13.8. The van der Waals surface area contributed by atoms with Crippen molar-refractivity contribution in [1.82, 2.24) is 35.3 Å². The van der Waals surface area contributed by atoms with Gasteiger partial charge in [0.25, 0.3) is 0 Å². The van der Waals surface area contributed by atoms with Crippen LogP contribution < -0.4 is 10.6 Å². The van der Waals surface area contributed by atoms with Crippen molar-refractivity contribution < 1.29 is 104 Å². The average molecular weight is 1010 g/mol. The number of nitrogens with one attached hydrogen (secondary N) is 4. The Bertz CT molecular complexity index is 2180. The molecule has 3 heterocycles. The summed E-state index contributed by atoms with van der Waals surface area (Å²) in [7, 11) is 4.07. The van der Waals surface area contributed by atoms with Crippen molar-refractivity contribution in [3.8, 4) is 11.5 Å². The number of carboxylic acid groups (broad SMARTS) is 4. The Morgan fingerprint density at radius 2 is 1.27 bits per heavy atom. The number of amides is 2. The maximum Gasteiger partial charge on any atom is 0.357 e. The predicted molar refractivity (Wildman–Crippen MR) is 221 cm³/mol. The molecule has 5 rings (SSSR count). The molecule has 1 saturated heterocycles. The van der Waals surface area contributed by atoms with Crippen molar-refractivity contribution >= 4 is 57.5 Å². The molecule has 4 aromatic rings. The number of phenols is 2. The van der Waals surface area contributed by atoms with Crippen molar-refractivity contribution in [2.24, 2.45) is 0 Å². The van der Waals surface area contributed by atoms with E-state index in [2.05, 4.69) is 27.6 Å². The molecule has 10 N–H and O–H groups in total. The van der Waals surface area contributed by atoms with E-state index < -0.39 is 60.9 Å². The van der Waals surface area contributed by atoms with Gasteiger partial charge in [-0.1, -0.05) is 0 Å². The summed E-state index contributed by atoms with van der Waals surface area (Å²) >= 11 is 0. The van der Waals surface area contributed by atoms with Crippen molar-refractivity contribution in [2.75, 3.05) is 78.5 Å². The summed E-state index contributed by atoms with van der Waals surface area (Å²) in [4.78, 5) is 86.5. The van der Waals surface area contributed by atoms with Gasteiger partial charge in [-0.05, 0) is 60.4 Å². The minimum absolute atomic E-state index is 0. The van der Waals surface area contributed by atoms with Gasteiger partial charge >= 0.3 is 23.9 Å². The number of aromatic amines is 2. The van der Waals surface area contributed by atoms with Crippen LogP contribution in [0.5, 0.6) is 11.5 Å². The Morgan fingerprint density at radius 3 is 1.79 bits per heavy atom. The van der Waals surface area contributed by atoms with E-state index in [9.17, 15) is 59.4 Å². The quantitative estimate of drug-likeness (QED) is 0.0479. The number of fused-ring (bicyclic) bond motifs is 2. The van der Waals surface area contributed by atoms with Gasteiger partial charge in [0.15, 0.2) is 6.54 Å². The van der Waals surface area contributed by atoms with E-state index in [0.717, 1.165) is 16.5 Å². The number of aromatic nitrogens is 2. The van der Waals surface area contributed by atoms with E-state index in [4.69, 9.17) is 0 Å². The molecule has 1 aliphatic rings. The van der Waals surface area contributed by atoms with Crippen LogP contribution in [0.3, 0.4) is 0 Å². The van der Waals surface area contributed by atoms with Crippen LogP contribution in [-0.4, -0.2) is 186 Å². The summed E-state index contributed by atoms with van der Waals surface area (Å²) in [5, 5.41) is 66.5. The van der Waals surface area contributed by atoms with E-state index >= 15 is 0 Å². The molecule has 2 aromatic carbocycles. The number of aromatic hydroxyl groups is 2. The number of hydrogen-bond acceptors (Lipinski definition) is 11. The number of carboxylic acids is 4. The number of aliphatic carboxylic acids is 4. The van der Waals surface area contributed by atoms with Crippen molar-refractivity contribution in [2.45, 2.75) is 37.8 Å². The molecule has 338 valence electrons. The maximum absolute atomic E-state index is 13.8. The van der Waals surface area contributed by atoms with Gasteiger partial charge in [0.2, 0.25) is 11.8 Å². The molecule has 1 unspecified atom stereocenters. The fourth-order valence-electron chi connectivity index (χ4n) is 7.73. The zero-order chi connectivity index (χ0) is 44.3. The first-order valence-electron chi connectivity index (χ1n) is 19.9. The van der Waals surface area contributed by atoms with Crippen LogP contribution >= 0.6 is 0 Å². The SMILES string of the molecule is [CH2-][N+]1(CC(=O)O)CCN(CC(=O)O)CCN(C(CCC(=O)N[C@@H](Cc2c[nH]c3ccc(O)cc23)C(=O)NCCc2c[nH]c3ccc(O)cc23)C(=O)O)CCN(CC(=O)O)CC1.[Gd]. The molecule has 0 saturated carbocycles. The molecular formula is C41H54GdN8O12. The number of carbonyl (C=O) groups excluding carboxylic acids is 2. The summed E-state index contributed by atoms with van der Waals surface area (Å²) in [5.74, 6) is -5.67. The number of rotatable bonds is 18. The molecule has 0 bridgehead atoms. The topological polar surface area (TPSA) is 289 Å². The van der Waals surface area contributed by atoms with Gasteiger partial charge < -0.3 is 55.7 Å². The van der Waals surface area contributed by atoms with Gasteiger partial charge in [0, 0.05) is 133 Å². The zero-order valence-corrected chi connectivity index (χ0v) is 36.3. The fourth-order valence-corrected chi connectivity index (χ4v) is 7.73. The van der Waals surface area contributed by atoms with Gasteiger partial charge in [-0.15, -0.1) is 7.05 Å². The number of quaternary nitrogens is 1. The molecule has 21 heteroatoms. The average Bonchev–Trinajstić information content (AvgIpc) is 3.77. The molecule has 1 fully saturated rings. The van der Waals surface area contributed by atoms with Crippen LogP contribution in [0.1, 0.15) is 24.0 Å². The Hall–Kier alpha value is -4.90. The molecule has 62 heavy (non-hydrogen) atoms. The third kappa shape index (κ3) is 14.6. The van der Waals surface area contributed by atoms with E-state index in [1.54, 1.807) is 57.4 Å². The molecule has 2 atom stereocenters. The summed E-state index contributed by atoms with van der Waals surface area (Å²) in [6.45, 7) is -0.333. The Labute approximate surface area is 389 Å². The molecule has 1 aliphatic heterocycles. The minimum Gasteiger partial charge on any atom is -0.508 e. The van der Waals surface area contributed by atoms with Gasteiger partial charge in [-0.25, -0.2) is 4.79 Å². The molecular weight excluding hydrogens is 954 g/mol. The Morgan fingerprint density at radius 1 is 0.742 bits per heavy atom. The standard InChI is InChI=1S/C41H54N8O12.Gd/c1-49(25-39(57)58)16-14-46(23-37(53)54)10-12-48(13-11-47(15-17-49)24-38(55)56)35(41(60)61)6-7-36(52)45-34(18-27-22-44-33-5-3-29(51)20-31(27)33)40(59)42-9-8-26-21-43-32-4-2-28(50)19-30(26)32;/h2-5,19-22,34-35,43-44,50-51H,1,6-18,23-25H2,(H,42,59)(H,45,52)(H,53,54)(H,55,56)(H,57,58)(H,60,61);/t34-,35?;/m0./s1. The van der Waals surface area contributed by atoms with Gasteiger partial charge in [0.05, 0.1) is 26.2 Å². The van der Waals surface area contributed by atoms with Crippen LogP contribution in [-0.2, 0) is 41.6 Å². The van der Waals surface area contributed by atoms with Crippen LogP contribution in [0.4, 0.5) is 0 Å². The smallest absolute Gasteiger partial charge is 0.357 e. The normalized spacial score (nSPS) is 16.6. The zero-order valence-electron chi connectivity index (χ0n) is 34.1. The second-order valence-electron chi connectivity index (χ2n) is 15.6. The first kappa shape index (κ1) is 49.8. The third-order valence-corrected chi connectivity index (χ3v) is 11.0. The minimum atomic E-state index is -1.26. The third-order valence-electron chi connectivity index (χ3n) is 11.0. The number of hydrogen-bond donors (Lipinski definition) is 10. The molecule has 0 spiro atoms. The first-order chi connectivity index (χ1) is 29.0. The number of benzene rings is 2. The Kier molecular flexibility index (Phi) is 18.4. The van der Waals surface area contributed by atoms with Crippen LogP contribution in [0, 0.1) is 47.0 Å². The van der Waals surface area contributed by atoms with E-state index in [1.165, 1.54) is 6.07 Å². The summed E-state index contributed by atoms with van der Waals surface area (Å²) in [5.41, 5.74) is 3.00. The molecule has 20 nitrogen and oxygen atoms in total. The first-order valence-corrected chi connectivity index (χ1v) is 19.9. The van der Waals surface area contributed by atoms with Crippen LogP contribution in [0.25, 0.3) is 21.8 Å². The molecule has 2 aromatic heterocycles. The molecule has 0 radical (unpaired) electrons. The van der Waals surface area contributed by atoms with Crippen molar-refractivity contribution in [3.63, 3.8) is 0 Å². The summed E-state index contributed by atoms with van der Waals surface area (Å²) in [6.07, 6.45) is 3.36. The number of carbonyl (C=O) groups is 6. The van der Waals surface area contributed by atoms with E-state index in [-0.39, 0.29) is 141 Å². The van der Waals surface area contributed by atoms with Gasteiger partial charge in [0.1, 0.15) is 23.6 Å². The number of nitrogens with zero attached hydrogens (tertiary/aromatic N) is 4. The van der Waals surface area contributed by atoms with Crippen molar-refractivity contribution in [1.29, 1.82) is 0 Å². The number of phenolic OH excluding ortho intramolecular Hbond substituents is 2.